The molecule has 0 spiro atoms. The Hall–Kier alpha value is -4.96. The van der Waals surface area contributed by atoms with Crippen LogP contribution in [0.2, 0.25) is 0 Å². The van der Waals surface area contributed by atoms with Crippen molar-refractivity contribution in [3.8, 4) is 0 Å². The molecule has 2 aromatic heterocycles. The number of hydrogen-bond acceptors (Lipinski definition) is 1. The van der Waals surface area contributed by atoms with Gasteiger partial charge in [-0.2, -0.15) is 0 Å². The highest BCUT2D eigenvalue weighted by Crippen LogP contribution is 2.38. The van der Waals surface area contributed by atoms with Crippen LogP contribution in [0.25, 0.3) is 42.0 Å². The fraction of sp³-hybridized carbons (Fsp3) is 0.0476. The number of benzene rings is 6. The summed E-state index contributed by atoms with van der Waals surface area (Å²) in [4.78, 5) is 0. The summed E-state index contributed by atoms with van der Waals surface area (Å²) >= 11 is 1.95. The van der Waals surface area contributed by atoms with Crippen LogP contribution in [0.5, 0.6) is 0 Å². The van der Waals surface area contributed by atoms with E-state index in [0.717, 1.165) is 6.42 Å². The van der Waals surface area contributed by atoms with Crippen LogP contribution in [-0.4, -0.2) is 12.6 Å². The zero-order valence-corrected chi connectivity index (χ0v) is 26.6. The van der Waals surface area contributed by atoms with Crippen LogP contribution >= 0.6 is 11.3 Å². The minimum absolute atomic E-state index is 0.204. The van der Waals surface area contributed by atoms with Gasteiger partial charge in [0.2, 0.25) is 0 Å². The summed E-state index contributed by atoms with van der Waals surface area (Å²) in [5.41, 5.74) is 2.60. The number of fused-ring (bicyclic) bond motifs is 6. The minimum atomic E-state index is -2.77. The van der Waals surface area contributed by atoms with E-state index in [2.05, 4.69) is 174 Å². The van der Waals surface area contributed by atoms with Gasteiger partial charge in [-0.15, -0.1) is 11.3 Å². The fourth-order valence-electron chi connectivity index (χ4n) is 7.79. The summed E-state index contributed by atoms with van der Waals surface area (Å²) in [6.45, 7) is 0. The molecular weight excluding hydrogens is 579 g/mol. The number of nitrogens with zero attached hydrogens (tertiary/aromatic N) is 1. The van der Waals surface area contributed by atoms with Crippen molar-refractivity contribution < 1.29 is 0 Å². The molecule has 1 unspecified atom stereocenters. The van der Waals surface area contributed by atoms with Crippen LogP contribution in [0.3, 0.4) is 0 Å². The van der Waals surface area contributed by atoms with E-state index in [0.29, 0.717) is 0 Å². The number of para-hydroxylation sites is 2. The van der Waals surface area contributed by atoms with Crippen LogP contribution < -0.4 is 15.6 Å². The highest BCUT2D eigenvalue weighted by atomic mass is 32.1. The predicted molar refractivity (Wildman–Crippen MR) is 197 cm³/mol. The standard InChI is InChI=1S/C42H31NSSi/c1-3-16-31(17-4-1)45(32-18-5-2-6-19-32,41-28-14-24-37-36-23-9-12-27-40(36)44-42(37)41)33-20-13-15-30(29-33)43-38-25-10-7-21-34(38)35-22-8-11-26-39(35)43/h1-14,16-30H,15H2. The van der Waals surface area contributed by atoms with E-state index in [1.54, 1.807) is 0 Å². The average molecular weight is 610 g/mol. The van der Waals surface area contributed by atoms with Crippen molar-refractivity contribution in [2.24, 2.45) is 0 Å². The molecule has 0 fully saturated rings. The van der Waals surface area contributed by atoms with Gasteiger partial charge >= 0.3 is 0 Å². The van der Waals surface area contributed by atoms with Crippen LogP contribution in [0.1, 0.15) is 12.5 Å². The van der Waals surface area contributed by atoms with E-state index in [1.807, 2.05) is 11.3 Å². The van der Waals surface area contributed by atoms with Crippen molar-refractivity contribution in [3.63, 3.8) is 0 Å². The molecule has 0 aliphatic heterocycles. The van der Waals surface area contributed by atoms with Crippen molar-refractivity contribution in [2.45, 2.75) is 12.5 Å². The summed E-state index contributed by atoms with van der Waals surface area (Å²) in [6, 6.07) is 56.7. The molecule has 0 bridgehead atoms. The van der Waals surface area contributed by atoms with Gasteiger partial charge in [-0.25, -0.2) is 0 Å². The number of aromatic nitrogens is 1. The first-order valence-electron chi connectivity index (χ1n) is 15.7. The second kappa shape index (κ2) is 10.6. The van der Waals surface area contributed by atoms with Gasteiger partial charge in [0.1, 0.15) is 0 Å². The molecule has 214 valence electrons. The third-order valence-corrected chi connectivity index (χ3v) is 15.9. The quantitative estimate of drug-likeness (QED) is 0.135. The van der Waals surface area contributed by atoms with Gasteiger partial charge in [0.25, 0.3) is 0 Å². The Morgan fingerprint density at radius 3 is 1.76 bits per heavy atom. The molecule has 6 aromatic carbocycles. The lowest BCUT2D eigenvalue weighted by molar-refractivity contribution is 0.646. The van der Waals surface area contributed by atoms with E-state index in [1.165, 1.54) is 62.7 Å². The van der Waals surface area contributed by atoms with Crippen molar-refractivity contribution in [1.29, 1.82) is 0 Å². The zero-order chi connectivity index (χ0) is 29.8. The van der Waals surface area contributed by atoms with Gasteiger partial charge in [-0.1, -0.05) is 152 Å². The Morgan fingerprint density at radius 1 is 0.533 bits per heavy atom. The maximum Gasteiger partial charge on any atom is 0.180 e. The van der Waals surface area contributed by atoms with Crippen LogP contribution in [-0.2, 0) is 0 Å². The fourth-order valence-corrected chi connectivity index (χ4v) is 14.5. The van der Waals surface area contributed by atoms with Gasteiger partial charge in [0.15, 0.2) is 8.07 Å². The predicted octanol–water partition coefficient (Wildman–Crippen LogP) is 9.30. The second-order valence-corrected chi connectivity index (χ2v) is 16.8. The lowest BCUT2D eigenvalue weighted by Crippen LogP contribution is -2.68. The first-order chi connectivity index (χ1) is 22.3. The van der Waals surface area contributed by atoms with E-state index in [4.69, 9.17) is 0 Å². The van der Waals surface area contributed by atoms with Gasteiger partial charge in [-0.05, 0) is 45.4 Å². The normalized spacial score (nSPS) is 15.3. The largest absolute Gasteiger partial charge is 0.333 e. The lowest BCUT2D eigenvalue weighted by atomic mass is 10.1. The Kier molecular flexibility index (Phi) is 6.22. The molecule has 8 aromatic rings. The molecule has 1 aliphatic carbocycles. The summed E-state index contributed by atoms with van der Waals surface area (Å²) in [5, 5.41) is 11.1. The van der Waals surface area contributed by atoms with Crippen LogP contribution in [0.4, 0.5) is 0 Å². The molecule has 9 rings (SSSR count). The van der Waals surface area contributed by atoms with Gasteiger partial charge < -0.3 is 4.57 Å². The van der Waals surface area contributed by atoms with Crippen molar-refractivity contribution in [3.05, 3.63) is 175 Å². The third-order valence-electron chi connectivity index (χ3n) is 9.65. The highest BCUT2D eigenvalue weighted by molar-refractivity contribution is 7.30. The molecule has 1 atom stereocenters. The molecule has 1 nitrogen and oxygen atoms in total. The Bertz CT molecular complexity index is 2320. The van der Waals surface area contributed by atoms with E-state index < -0.39 is 8.07 Å². The molecule has 0 N–H and O–H groups in total. The van der Waals surface area contributed by atoms with Gasteiger partial charge in [-0.3, -0.25) is 0 Å². The molecule has 3 heteroatoms. The second-order valence-electron chi connectivity index (χ2n) is 12.0. The Balaban J connectivity index is 1.39. The molecular formula is C42H31NSSi. The van der Waals surface area contributed by atoms with E-state index >= 15 is 0 Å². The molecule has 0 saturated heterocycles. The first-order valence-corrected chi connectivity index (χ1v) is 18.5. The summed E-state index contributed by atoms with van der Waals surface area (Å²) < 4.78 is 5.34. The van der Waals surface area contributed by atoms with Crippen LogP contribution in [0.15, 0.2) is 175 Å². The summed E-state index contributed by atoms with van der Waals surface area (Å²) in [6.07, 6.45) is 8.48. The molecule has 2 heterocycles. The molecule has 0 radical (unpaired) electrons. The van der Waals surface area contributed by atoms with Crippen molar-refractivity contribution >= 4 is 76.9 Å². The van der Waals surface area contributed by atoms with Crippen molar-refractivity contribution in [1.82, 2.24) is 4.57 Å². The smallest absolute Gasteiger partial charge is 0.180 e. The van der Waals surface area contributed by atoms with Crippen LogP contribution in [0, 0.1) is 0 Å². The maximum absolute atomic E-state index is 2.77. The van der Waals surface area contributed by atoms with E-state index in [9.17, 15) is 0 Å². The number of rotatable bonds is 5. The lowest BCUT2D eigenvalue weighted by Gasteiger charge is -2.37. The topological polar surface area (TPSA) is 4.93 Å². The first kappa shape index (κ1) is 26.4. The minimum Gasteiger partial charge on any atom is -0.333 e. The van der Waals surface area contributed by atoms with E-state index in [-0.39, 0.29) is 6.04 Å². The molecule has 0 saturated carbocycles. The van der Waals surface area contributed by atoms with Gasteiger partial charge in [0.05, 0.1) is 6.04 Å². The number of hydrogen-bond donors (Lipinski definition) is 0. The number of thiophene rings is 1. The van der Waals surface area contributed by atoms with Gasteiger partial charge in [0, 0.05) is 42.0 Å². The zero-order valence-electron chi connectivity index (χ0n) is 24.8. The SMILES string of the molecule is C1=CC([Si](c2ccccc2)(c2ccccc2)c2cccc3c2sc2ccccc23)=CC(n2c3ccccc3c3ccccc32)C1. The Labute approximate surface area is 268 Å². The number of allylic oxidation sites excluding steroid dienone is 4. The summed E-state index contributed by atoms with van der Waals surface area (Å²) in [7, 11) is -2.77. The highest BCUT2D eigenvalue weighted by Gasteiger charge is 2.44. The average Bonchev–Trinajstić information content (AvgIpc) is 3.66. The molecule has 0 amide bonds. The third kappa shape index (κ3) is 3.98. The summed E-state index contributed by atoms with van der Waals surface area (Å²) in [5.74, 6) is 0. The monoisotopic (exact) mass is 609 g/mol. The molecule has 45 heavy (non-hydrogen) atoms. The van der Waals surface area contributed by atoms with Crippen molar-refractivity contribution in [2.75, 3.05) is 0 Å². The Morgan fingerprint density at radius 2 is 1.09 bits per heavy atom. The maximum atomic E-state index is 2.62. The molecule has 1 aliphatic rings.